The van der Waals surface area contributed by atoms with Gasteiger partial charge >= 0.3 is 0 Å². The van der Waals surface area contributed by atoms with Crippen LogP contribution in [0.3, 0.4) is 0 Å². The molecule has 0 spiro atoms. The van der Waals surface area contributed by atoms with Gasteiger partial charge in [0.1, 0.15) is 11.8 Å². The van der Waals surface area contributed by atoms with Crippen LogP contribution in [0.4, 0.5) is 0 Å². The molecule has 0 atom stereocenters. The first-order valence-electron chi connectivity index (χ1n) is 3.14. The number of pyridine rings is 1. The number of carbonyl (C=O) groups is 1. The lowest BCUT2D eigenvalue weighted by Crippen LogP contribution is -1.92. The molecular formula is C7H5N3O. The number of hydrogen-bond donors (Lipinski definition) is 0. The van der Waals surface area contributed by atoms with Crippen molar-refractivity contribution in [1.29, 1.82) is 0 Å². The zero-order valence-corrected chi connectivity index (χ0v) is 5.64. The van der Waals surface area contributed by atoms with Gasteiger partial charge in [-0.25, -0.2) is 9.97 Å². The van der Waals surface area contributed by atoms with Crippen LogP contribution in [-0.2, 0) is 4.79 Å². The summed E-state index contributed by atoms with van der Waals surface area (Å²) in [6.07, 6.45) is 3.76. The van der Waals surface area contributed by atoms with Crippen molar-refractivity contribution in [3.8, 4) is 0 Å². The highest BCUT2D eigenvalue weighted by molar-refractivity contribution is 5.77. The summed E-state index contributed by atoms with van der Waals surface area (Å²) in [5.74, 6) is 0. The maximum absolute atomic E-state index is 10.4. The molecule has 4 heteroatoms. The summed E-state index contributed by atoms with van der Waals surface area (Å²) in [7, 11) is 0. The van der Waals surface area contributed by atoms with Crippen molar-refractivity contribution in [2.75, 3.05) is 0 Å². The second kappa shape index (κ2) is 2.16. The van der Waals surface area contributed by atoms with E-state index in [1.165, 1.54) is 10.9 Å². The standard InChI is InChI=1S/C7H5N3O/c11-5-10-4-9-6-2-1-3-8-7(6)10/h1-5H. The molecule has 2 rings (SSSR count). The van der Waals surface area contributed by atoms with Crippen LogP contribution in [0.15, 0.2) is 24.7 Å². The van der Waals surface area contributed by atoms with Crippen LogP contribution in [0.25, 0.3) is 11.2 Å². The molecule has 0 aromatic carbocycles. The van der Waals surface area contributed by atoms with Crippen LogP contribution in [0.5, 0.6) is 0 Å². The molecule has 0 bridgehead atoms. The van der Waals surface area contributed by atoms with E-state index >= 15 is 0 Å². The van der Waals surface area contributed by atoms with Crippen molar-refractivity contribution >= 4 is 17.6 Å². The zero-order chi connectivity index (χ0) is 7.68. The van der Waals surface area contributed by atoms with Gasteiger partial charge in [-0.15, -0.1) is 0 Å². The molecule has 0 aliphatic carbocycles. The van der Waals surface area contributed by atoms with Gasteiger partial charge in [-0.3, -0.25) is 9.36 Å². The minimum Gasteiger partial charge on any atom is -0.278 e. The average molecular weight is 147 g/mol. The molecule has 2 heterocycles. The van der Waals surface area contributed by atoms with E-state index in [0.29, 0.717) is 12.1 Å². The van der Waals surface area contributed by atoms with E-state index in [1.807, 2.05) is 6.07 Å². The van der Waals surface area contributed by atoms with E-state index < -0.39 is 0 Å². The lowest BCUT2D eigenvalue weighted by atomic mass is 10.4. The van der Waals surface area contributed by atoms with E-state index in [9.17, 15) is 4.79 Å². The maximum atomic E-state index is 10.4. The molecule has 0 aliphatic rings. The summed E-state index contributed by atoms with van der Waals surface area (Å²) in [5.41, 5.74) is 1.34. The van der Waals surface area contributed by atoms with Crippen molar-refractivity contribution in [3.05, 3.63) is 24.7 Å². The van der Waals surface area contributed by atoms with Gasteiger partial charge in [-0.1, -0.05) is 0 Å². The van der Waals surface area contributed by atoms with Crippen LogP contribution < -0.4 is 0 Å². The Balaban J connectivity index is 2.86. The van der Waals surface area contributed by atoms with Crippen molar-refractivity contribution in [2.45, 2.75) is 0 Å². The predicted molar refractivity (Wildman–Crippen MR) is 39.7 cm³/mol. The lowest BCUT2D eigenvalue weighted by Gasteiger charge is -1.87. The highest BCUT2D eigenvalue weighted by Gasteiger charge is 1.99. The first-order chi connectivity index (χ1) is 5.42. The minimum atomic E-state index is 0.600. The van der Waals surface area contributed by atoms with Crippen molar-refractivity contribution in [2.24, 2.45) is 0 Å². The Bertz CT molecular complexity index is 393. The van der Waals surface area contributed by atoms with Crippen LogP contribution in [-0.4, -0.2) is 20.9 Å². The summed E-state index contributed by atoms with van der Waals surface area (Å²) in [5, 5.41) is 0. The third-order valence-corrected chi connectivity index (χ3v) is 1.45. The number of imidazole rings is 1. The minimum absolute atomic E-state index is 0.600. The molecule has 11 heavy (non-hydrogen) atoms. The summed E-state index contributed by atoms with van der Waals surface area (Å²) in [4.78, 5) is 18.3. The monoisotopic (exact) mass is 147 g/mol. The highest BCUT2D eigenvalue weighted by Crippen LogP contribution is 2.05. The third kappa shape index (κ3) is 0.797. The Labute approximate surface area is 62.5 Å². The fourth-order valence-corrected chi connectivity index (χ4v) is 0.944. The second-order valence-corrected chi connectivity index (χ2v) is 2.10. The summed E-state index contributed by atoms with van der Waals surface area (Å²) < 4.78 is 1.34. The van der Waals surface area contributed by atoms with Gasteiger partial charge in [-0.05, 0) is 12.1 Å². The van der Waals surface area contributed by atoms with Gasteiger partial charge < -0.3 is 0 Å². The summed E-state index contributed by atoms with van der Waals surface area (Å²) >= 11 is 0. The number of hydrogen-bond acceptors (Lipinski definition) is 3. The number of rotatable bonds is 1. The maximum Gasteiger partial charge on any atom is 0.220 e. The van der Waals surface area contributed by atoms with Gasteiger partial charge in [0.2, 0.25) is 6.41 Å². The SMILES string of the molecule is O=Cn1cnc2cccnc21. The fraction of sp³-hybridized carbons (Fsp3) is 0. The Morgan fingerprint density at radius 1 is 1.45 bits per heavy atom. The summed E-state index contributed by atoms with van der Waals surface area (Å²) in [6, 6.07) is 3.59. The second-order valence-electron chi connectivity index (χ2n) is 2.10. The van der Waals surface area contributed by atoms with Crippen molar-refractivity contribution in [3.63, 3.8) is 0 Å². The Morgan fingerprint density at radius 2 is 2.36 bits per heavy atom. The summed E-state index contributed by atoms with van der Waals surface area (Å²) in [6.45, 7) is 0. The fourth-order valence-electron chi connectivity index (χ4n) is 0.944. The molecule has 2 aromatic heterocycles. The Hall–Kier alpha value is -1.71. The number of nitrogens with zero attached hydrogens (tertiary/aromatic N) is 3. The van der Waals surface area contributed by atoms with Crippen molar-refractivity contribution < 1.29 is 4.79 Å². The molecule has 0 saturated carbocycles. The molecule has 4 nitrogen and oxygen atoms in total. The zero-order valence-electron chi connectivity index (χ0n) is 5.64. The van der Waals surface area contributed by atoms with Gasteiger partial charge in [-0.2, -0.15) is 0 Å². The van der Waals surface area contributed by atoms with Crippen LogP contribution >= 0.6 is 0 Å². The van der Waals surface area contributed by atoms with Gasteiger partial charge in [0, 0.05) is 6.20 Å². The smallest absolute Gasteiger partial charge is 0.220 e. The molecule has 0 amide bonds. The Morgan fingerprint density at radius 3 is 3.18 bits per heavy atom. The first kappa shape index (κ1) is 6.03. The van der Waals surface area contributed by atoms with Gasteiger partial charge in [0.05, 0.1) is 0 Å². The van der Waals surface area contributed by atoms with E-state index in [1.54, 1.807) is 12.3 Å². The molecular weight excluding hydrogens is 142 g/mol. The third-order valence-electron chi connectivity index (χ3n) is 1.45. The molecule has 0 N–H and O–H groups in total. The van der Waals surface area contributed by atoms with Crippen molar-refractivity contribution in [1.82, 2.24) is 14.5 Å². The van der Waals surface area contributed by atoms with Crippen LogP contribution in [0, 0.1) is 0 Å². The first-order valence-corrected chi connectivity index (χ1v) is 3.14. The van der Waals surface area contributed by atoms with E-state index in [4.69, 9.17) is 0 Å². The number of carbonyl (C=O) groups excluding carboxylic acids is 1. The normalized spacial score (nSPS) is 10.2. The topological polar surface area (TPSA) is 47.8 Å². The highest BCUT2D eigenvalue weighted by atomic mass is 16.1. The van der Waals surface area contributed by atoms with Crippen LogP contribution in [0.2, 0.25) is 0 Å². The van der Waals surface area contributed by atoms with E-state index in [-0.39, 0.29) is 0 Å². The predicted octanol–water partition coefficient (Wildman–Crippen LogP) is 0.470. The molecule has 0 saturated heterocycles. The number of aromatic nitrogens is 3. The molecule has 0 unspecified atom stereocenters. The van der Waals surface area contributed by atoms with E-state index in [0.717, 1.165) is 5.52 Å². The van der Waals surface area contributed by atoms with Gasteiger partial charge in [0.25, 0.3) is 0 Å². The van der Waals surface area contributed by atoms with E-state index in [2.05, 4.69) is 9.97 Å². The van der Waals surface area contributed by atoms with Gasteiger partial charge in [0.15, 0.2) is 5.65 Å². The number of fused-ring (bicyclic) bond motifs is 1. The van der Waals surface area contributed by atoms with Crippen LogP contribution in [0.1, 0.15) is 0 Å². The Kier molecular flexibility index (Phi) is 1.18. The largest absolute Gasteiger partial charge is 0.278 e. The molecule has 2 aromatic rings. The molecule has 0 radical (unpaired) electrons. The average Bonchev–Trinajstić information content (AvgIpc) is 2.47. The molecule has 54 valence electrons. The lowest BCUT2D eigenvalue weighted by molar-refractivity contribution is 0.548. The molecule has 0 fully saturated rings. The molecule has 0 aliphatic heterocycles. The quantitative estimate of drug-likeness (QED) is 0.551.